The number of aliphatic carboxylic acids is 1. The highest BCUT2D eigenvalue weighted by molar-refractivity contribution is 5.64. The van der Waals surface area contributed by atoms with E-state index >= 15 is 0 Å². The highest BCUT2D eigenvalue weighted by atomic mass is 16.4. The summed E-state index contributed by atoms with van der Waals surface area (Å²) in [7, 11) is 0. The number of rotatable bonds is 15. The summed E-state index contributed by atoms with van der Waals surface area (Å²) in [6, 6.07) is 0. The lowest BCUT2D eigenvalue weighted by atomic mass is 10.1. The van der Waals surface area contributed by atoms with Crippen LogP contribution in [0.3, 0.4) is 0 Å². The van der Waals surface area contributed by atoms with Crippen LogP contribution in [0.2, 0.25) is 0 Å². The highest BCUT2D eigenvalue weighted by Crippen LogP contribution is 2.06. The van der Waals surface area contributed by atoms with Crippen LogP contribution in [-0.4, -0.2) is 39.6 Å². The Morgan fingerprint density at radius 3 is 2.20 bits per heavy atom. The number of carbonyl (C=O) groups is 1. The molecule has 0 aliphatic carbocycles. The van der Waals surface area contributed by atoms with Crippen molar-refractivity contribution in [2.24, 2.45) is 0 Å². The molecule has 3 N–H and O–H groups in total. The number of allylic oxidation sites excluding steroid dienone is 2. The number of hydrogen-bond donors (Lipinski definition) is 3. The Bertz CT molecular complexity index is 414. The third kappa shape index (κ3) is 15.8. The quantitative estimate of drug-likeness (QED) is 0.309. The second kappa shape index (κ2) is 16.1. The van der Waals surface area contributed by atoms with Crippen molar-refractivity contribution in [1.82, 2.24) is 0 Å². The minimum absolute atomic E-state index is 0.0317. The molecule has 0 aliphatic heterocycles. The van der Waals surface area contributed by atoms with Crippen LogP contribution in [0.25, 0.3) is 0 Å². The van der Waals surface area contributed by atoms with Gasteiger partial charge in [0.05, 0.1) is 18.3 Å². The predicted molar refractivity (Wildman–Crippen MR) is 97.7 cm³/mol. The van der Waals surface area contributed by atoms with Crippen molar-refractivity contribution in [2.75, 3.05) is 0 Å². The third-order valence-corrected chi connectivity index (χ3v) is 3.74. The Morgan fingerprint density at radius 2 is 1.56 bits per heavy atom. The molecule has 0 heterocycles. The fraction of sp³-hybridized carbons (Fsp3) is 0.650. The van der Waals surface area contributed by atoms with Crippen LogP contribution >= 0.6 is 0 Å². The fourth-order valence-corrected chi connectivity index (χ4v) is 2.17. The predicted octanol–water partition coefficient (Wildman–Crippen LogP) is 2.02. The third-order valence-electron chi connectivity index (χ3n) is 3.74. The normalized spacial score (nSPS) is 16.0. The SMILES string of the molecule is CCCCC/C=C\C[C@H](O)[C@H](O)/C=C/C(O)C/C=C\CCCC(=O)[O-]. The molecule has 0 aromatic rings. The van der Waals surface area contributed by atoms with Gasteiger partial charge in [0.1, 0.15) is 0 Å². The van der Waals surface area contributed by atoms with Crippen LogP contribution in [-0.2, 0) is 4.79 Å². The molecule has 0 aromatic heterocycles. The summed E-state index contributed by atoms with van der Waals surface area (Å²) in [5, 5.41) is 39.7. The molecule has 1 unspecified atom stereocenters. The summed E-state index contributed by atoms with van der Waals surface area (Å²) >= 11 is 0. The van der Waals surface area contributed by atoms with Gasteiger partial charge in [-0.15, -0.1) is 0 Å². The number of hydrogen-bond acceptors (Lipinski definition) is 5. The van der Waals surface area contributed by atoms with Gasteiger partial charge >= 0.3 is 0 Å². The molecule has 0 amide bonds. The molecule has 0 aromatic carbocycles. The molecular weight excluding hydrogens is 320 g/mol. The molecule has 0 saturated carbocycles. The van der Waals surface area contributed by atoms with Crippen LogP contribution < -0.4 is 5.11 Å². The minimum atomic E-state index is -1.06. The van der Waals surface area contributed by atoms with E-state index in [9.17, 15) is 25.2 Å². The van der Waals surface area contributed by atoms with Crippen molar-refractivity contribution in [3.05, 3.63) is 36.5 Å². The largest absolute Gasteiger partial charge is 0.550 e. The lowest BCUT2D eigenvalue weighted by Crippen LogP contribution is -2.23. The summed E-state index contributed by atoms with van der Waals surface area (Å²) < 4.78 is 0. The molecule has 3 atom stereocenters. The summed E-state index contributed by atoms with van der Waals surface area (Å²) in [6.45, 7) is 2.15. The molecule has 5 nitrogen and oxygen atoms in total. The molecule has 5 heteroatoms. The van der Waals surface area contributed by atoms with Gasteiger partial charge in [0.25, 0.3) is 0 Å². The van der Waals surface area contributed by atoms with Crippen molar-refractivity contribution in [3.63, 3.8) is 0 Å². The van der Waals surface area contributed by atoms with Gasteiger partial charge < -0.3 is 25.2 Å². The average molecular weight is 353 g/mol. The number of unbranched alkanes of at least 4 members (excludes halogenated alkanes) is 4. The lowest BCUT2D eigenvalue weighted by molar-refractivity contribution is -0.305. The highest BCUT2D eigenvalue weighted by Gasteiger charge is 2.11. The Morgan fingerprint density at radius 1 is 0.920 bits per heavy atom. The monoisotopic (exact) mass is 353 g/mol. The van der Waals surface area contributed by atoms with E-state index in [1.165, 1.54) is 25.0 Å². The Hall–Kier alpha value is -1.43. The summed E-state index contributed by atoms with van der Waals surface area (Å²) in [6.07, 6.45) is 14.1. The Kier molecular flexibility index (Phi) is 15.1. The molecule has 0 fully saturated rings. The van der Waals surface area contributed by atoms with Crippen LogP contribution in [0.5, 0.6) is 0 Å². The summed E-state index contributed by atoms with van der Waals surface area (Å²) in [5.74, 6) is -1.06. The smallest absolute Gasteiger partial charge is 0.0983 e. The van der Waals surface area contributed by atoms with Crippen molar-refractivity contribution in [1.29, 1.82) is 0 Å². The van der Waals surface area contributed by atoms with Crippen molar-refractivity contribution >= 4 is 5.97 Å². The van der Waals surface area contributed by atoms with Gasteiger partial charge in [0, 0.05) is 5.97 Å². The van der Waals surface area contributed by atoms with E-state index in [1.807, 2.05) is 18.2 Å². The van der Waals surface area contributed by atoms with Gasteiger partial charge in [-0.2, -0.15) is 0 Å². The molecular formula is C20H33O5-. The molecule has 144 valence electrons. The number of aliphatic hydroxyl groups is 3. The molecule has 0 spiro atoms. The zero-order valence-electron chi connectivity index (χ0n) is 15.2. The first-order valence-electron chi connectivity index (χ1n) is 9.19. The molecule has 0 radical (unpaired) electrons. The van der Waals surface area contributed by atoms with Crippen LogP contribution in [0, 0.1) is 0 Å². The van der Waals surface area contributed by atoms with Crippen molar-refractivity contribution in [3.8, 4) is 0 Å². The standard InChI is InChI=1S/C20H34O5/c1-2-3-4-5-6-10-13-18(22)19(23)16-15-17(21)12-9-7-8-11-14-20(24)25/h6-7,9-10,15-19,21-23H,2-5,8,11-14H2,1H3,(H,24,25)/p-1/b9-7-,10-6-,16-15+/t17?,18-,19+/m0/s1. The van der Waals surface area contributed by atoms with E-state index in [2.05, 4.69) is 6.92 Å². The van der Waals surface area contributed by atoms with E-state index < -0.39 is 24.3 Å². The van der Waals surface area contributed by atoms with Gasteiger partial charge in [-0.25, -0.2) is 0 Å². The van der Waals surface area contributed by atoms with Gasteiger partial charge in [-0.1, -0.05) is 56.2 Å². The van der Waals surface area contributed by atoms with Crippen LogP contribution in [0.1, 0.15) is 64.7 Å². The maximum Gasteiger partial charge on any atom is 0.0983 e. The second-order valence-electron chi connectivity index (χ2n) is 6.18. The molecule has 0 aliphatic rings. The maximum atomic E-state index is 10.2. The molecule has 25 heavy (non-hydrogen) atoms. The first kappa shape index (κ1) is 23.6. The Labute approximate surface area is 151 Å². The van der Waals surface area contributed by atoms with Crippen LogP contribution in [0.4, 0.5) is 0 Å². The molecule has 0 rings (SSSR count). The zero-order valence-corrected chi connectivity index (χ0v) is 15.2. The molecule has 0 bridgehead atoms. The number of carboxylic acid groups (broad SMARTS) is 1. The first-order chi connectivity index (χ1) is 12.0. The van der Waals surface area contributed by atoms with Gasteiger partial charge in [-0.3, -0.25) is 0 Å². The maximum absolute atomic E-state index is 10.2. The van der Waals surface area contributed by atoms with E-state index in [4.69, 9.17) is 0 Å². The van der Waals surface area contributed by atoms with Crippen LogP contribution in [0.15, 0.2) is 36.5 Å². The second-order valence-corrected chi connectivity index (χ2v) is 6.18. The average Bonchev–Trinajstić information content (AvgIpc) is 2.58. The van der Waals surface area contributed by atoms with E-state index in [0.717, 1.165) is 12.8 Å². The van der Waals surface area contributed by atoms with Crippen molar-refractivity contribution in [2.45, 2.75) is 83.0 Å². The summed E-state index contributed by atoms with van der Waals surface area (Å²) in [5.41, 5.74) is 0. The Balaban J connectivity index is 3.91. The van der Waals surface area contributed by atoms with E-state index in [1.54, 1.807) is 6.08 Å². The topological polar surface area (TPSA) is 101 Å². The first-order valence-corrected chi connectivity index (χ1v) is 9.19. The minimum Gasteiger partial charge on any atom is -0.550 e. The van der Waals surface area contributed by atoms with Gasteiger partial charge in [0.15, 0.2) is 0 Å². The fourth-order valence-electron chi connectivity index (χ4n) is 2.17. The number of carboxylic acids is 1. The van der Waals surface area contributed by atoms with E-state index in [-0.39, 0.29) is 6.42 Å². The lowest BCUT2D eigenvalue weighted by Gasteiger charge is -2.13. The van der Waals surface area contributed by atoms with Crippen molar-refractivity contribution < 1.29 is 25.2 Å². The number of carbonyl (C=O) groups excluding carboxylic acids is 1. The van der Waals surface area contributed by atoms with Gasteiger partial charge in [-0.05, 0) is 44.9 Å². The zero-order chi connectivity index (χ0) is 18.9. The van der Waals surface area contributed by atoms with E-state index in [0.29, 0.717) is 25.7 Å². The number of aliphatic hydroxyl groups excluding tert-OH is 3. The van der Waals surface area contributed by atoms with Gasteiger partial charge in [0.2, 0.25) is 0 Å². The molecule has 0 saturated heterocycles. The summed E-state index contributed by atoms with van der Waals surface area (Å²) in [4.78, 5) is 10.2.